The van der Waals surface area contributed by atoms with Crippen LogP contribution in [-0.4, -0.2) is 29.4 Å². The third kappa shape index (κ3) is 6.49. The van der Waals surface area contributed by atoms with Crippen molar-refractivity contribution in [3.05, 3.63) is 96.9 Å². The number of carbonyl (C=O) groups is 2. The number of hydrazone groups is 2. The van der Waals surface area contributed by atoms with Gasteiger partial charge >= 0.3 is 0 Å². The Bertz CT molecular complexity index is 1140. The molecule has 0 aliphatic rings. The second kappa shape index (κ2) is 11.0. The van der Waals surface area contributed by atoms with Gasteiger partial charge in [0, 0.05) is 36.2 Å². The summed E-state index contributed by atoms with van der Waals surface area (Å²) in [6, 6.07) is 16.6. The fourth-order valence-corrected chi connectivity index (χ4v) is 3.58. The average Bonchev–Trinajstić information content (AvgIpc) is 2.76. The van der Waals surface area contributed by atoms with Crippen molar-refractivity contribution < 1.29 is 14.7 Å². The predicted octanol–water partition coefficient (Wildman–Crippen LogP) is 5.10. The number of phenolic OH excluding ortho intramolecular Hbond substituents is 1. The molecule has 0 saturated heterocycles. The number of benzene rings is 3. The van der Waals surface area contributed by atoms with Gasteiger partial charge in [-0.25, -0.2) is 10.9 Å². The Kier molecular flexibility index (Phi) is 8.15. The molecule has 2 amide bonds. The van der Waals surface area contributed by atoms with Crippen LogP contribution in [0.2, 0.25) is 5.02 Å². The molecule has 0 radical (unpaired) electrons. The van der Waals surface area contributed by atoms with Gasteiger partial charge in [-0.2, -0.15) is 10.2 Å². The number of nitrogens with one attached hydrogen (secondary N) is 2. The summed E-state index contributed by atoms with van der Waals surface area (Å²) in [6.45, 7) is 0. The summed E-state index contributed by atoms with van der Waals surface area (Å²) in [6.07, 6.45) is 2.52. The van der Waals surface area contributed by atoms with Crippen LogP contribution in [-0.2, 0) is 0 Å². The predicted molar refractivity (Wildman–Crippen MR) is 132 cm³/mol. The van der Waals surface area contributed by atoms with Crippen molar-refractivity contribution >= 4 is 67.7 Å². The van der Waals surface area contributed by atoms with E-state index in [1.165, 1.54) is 24.6 Å². The zero-order valence-corrected chi connectivity index (χ0v) is 20.1. The third-order valence-corrected chi connectivity index (χ3v) is 5.25. The minimum atomic E-state index is -0.416. The van der Waals surface area contributed by atoms with E-state index in [1.807, 2.05) is 0 Å². The Morgan fingerprint density at radius 1 is 0.812 bits per heavy atom. The highest BCUT2D eigenvalue weighted by Gasteiger charge is 2.09. The molecule has 3 N–H and O–H groups in total. The van der Waals surface area contributed by atoms with Gasteiger partial charge in [-0.15, -0.1) is 0 Å². The molecule has 0 unspecified atom stereocenters. The number of carbonyl (C=O) groups excluding carboxylic acids is 2. The number of nitrogens with zero attached hydrogens (tertiary/aromatic N) is 2. The van der Waals surface area contributed by atoms with Crippen LogP contribution in [0.1, 0.15) is 31.8 Å². The minimum Gasteiger partial charge on any atom is -0.507 e. The molecule has 0 bridgehead atoms. The normalized spacial score (nSPS) is 11.1. The molecule has 32 heavy (non-hydrogen) atoms. The Morgan fingerprint density at radius 2 is 1.25 bits per heavy atom. The zero-order valence-electron chi connectivity index (χ0n) is 16.2. The lowest BCUT2D eigenvalue weighted by Crippen LogP contribution is -2.17. The quantitative estimate of drug-likeness (QED) is 0.280. The molecule has 0 atom stereocenters. The summed E-state index contributed by atoms with van der Waals surface area (Å²) in [4.78, 5) is 24.3. The lowest BCUT2D eigenvalue weighted by Gasteiger charge is -2.05. The Morgan fingerprint density at radius 3 is 1.66 bits per heavy atom. The number of amides is 2. The van der Waals surface area contributed by atoms with Crippen LogP contribution in [0.5, 0.6) is 5.75 Å². The van der Waals surface area contributed by atoms with E-state index in [-0.39, 0.29) is 16.9 Å². The number of hydrogen-bond acceptors (Lipinski definition) is 5. The van der Waals surface area contributed by atoms with E-state index in [0.717, 1.165) is 8.95 Å². The van der Waals surface area contributed by atoms with Crippen LogP contribution in [0.4, 0.5) is 0 Å². The summed E-state index contributed by atoms with van der Waals surface area (Å²) in [5.74, 6) is -1.00. The molecular formula is C22H15Br2ClN4O3. The first-order valence-corrected chi connectivity index (χ1v) is 11.0. The van der Waals surface area contributed by atoms with Crippen LogP contribution >= 0.6 is 43.5 Å². The summed E-state index contributed by atoms with van der Waals surface area (Å²) >= 11 is 12.7. The summed E-state index contributed by atoms with van der Waals surface area (Å²) in [5, 5.41) is 18.5. The molecule has 3 aromatic carbocycles. The van der Waals surface area contributed by atoms with E-state index >= 15 is 0 Å². The van der Waals surface area contributed by atoms with Crippen LogP contribution < -0.4 is 10.9 Å². The number of aromatic hydroxyl groups is 1. The highest BCUT2D eigenvalue weighted by Crippen LogP contribution is 2.24. The summed E-state index contributed by atoms with van der Waals surface area (Å²) < 4.78 is 1.52. The van der Waals surface area contributed by atoms with Crippen LogP contribution in [0.3, 0.4) is 0 Å². The molecule has 7 nitrogen and oxygen atoms in total. The maximum atomic E-state index is 12.2. The van der Waals surface area contributed by atoms with E-state index in [4.69, 9.17) is 11.6 Å². The highest BCUT2D eigenvalue weighted by atomic mass is 79.9. The molecule has 10 heteroatoms. The molecule has 0 aliphatic heterocycles. The second-order valence-corrected chi connectivity index (χ2v) is 8.62. The van der Waals surface area contributed by atoms with Gasteiger partial charge in [-0.05, 0) is 48.5 Å². The largest absolute Gasteiger partial charge is 0.507 e. The van der Waals surface area contributed by atoms with Gasteiger partial charge < -0.3 is 5.11 Å². The Hall–Kier alpha value is -3.01. The topological polar surface area (TPSA) is 103 Å². The van der Waals surface area contributed by atoms with Gasteiger partial charge in [0.05, 0.1) is 12.4 Å². The molecule has 0 aliphatic carbocycles. The van der Waals surface area contributed by atoms with Crippen molar-refractivity contribution in [1.82, 2.24) is 10.9 Å². The van der Waals surface area contributed by atoms with Gasteiger partial charge in [0.1, 0.15) is 5.75 Å². The van der Waals surface area contributed by atoms with Crippen molar-refractivity contribution in [3.63, 3.8) is 0 Å². The Labute approximate surface area is 205 Å². The van der Waals surface area contributed by atoms with E-state index in [1.54, 1.807) is 48.5 Å². The number of phenols is 1. The Balaban J connectivity index is 1.69. The fraction of sp³-hybridized carbons (Fsp3) is 0. The standard InChI is InChI=1S/C22H15Br2ClN4O3/c23-17-5-1-3-13(7-17)21(31)28-26-11-15-9-19(25)10-16(20(15)30)12-27-29-22(32)14-4-2-6-18(24)8-14/h1-12,30H,(H,28,31)(H,29,32)/b26-11+,27-12+. The maximum Gasteiger partial charge on any atom is 0.271 e. The van der Waals surface area contributed by atoms with Gasteiger partial charge in [-0.3, -0.25) is 9.59 Å². The van der Waals surface area contributed by atoms with E-state index < -0.39 is 11.8 Å². The smallest absolute Gasteiger partial charge is 0.271 e. The molecule has 3 aromatic rings. The second-order valence-electron chi connectivity index (χ2n) is 6.35. The van der Waals surface area contributed by atoms with Crippen LogP contribution in [0, 0.1) is 0 Å². The fourth-order valence-electron chi connectivity index (χ4n) is 2.55. The van der Waals surface area contributed by atoms with Gasteiger partial charge in [-0.1, -0.05) is 55.6 Å². The van der Waals surface area contributed by atoms with Crippen molar-refractivity contribution in [2.45, 2.75) is 0 Å². The molecule has 162 valence electrons. The number of rotatable bonds is 6. The number of hydrogen-bond donors (Lipinski definition) is 3. The van der Waals surface area contributed by atoms with Crippen LogP contribution in [0.15, 0.2) is 79.8 Å². The first-order chi connectivity index (χ1) is 15.3. The van der Waals surface area contributed by atoms with E-state index in [9.17, 15) is 14.7 Å². The highest BCUT2D eigenvalue weighted by molar-refractivity contribution is 9.10. The molecule has 0 spiro atoms. The van der Waals surface area contributed by atoms with Crippen molar-refractivity contribution in [3.8, 4) is 5.75 Å². The number of halogens is 3. The molecule has 0 saturated carbocycles. The molecule has 0 aromatic heterocycles. The van der Waals surface area contributed by atoms with Gasteiger partial charge in [0.2, 0.25) is 0 Å². The van der Waals surface area contributed by atoms with E-state index in [0.29, 0.717) is 16.1 Å². The van der Waals surface area contributed by atoms with Gasteiger partial charge in [0.15, 0.2) is 0 Å². The zero-order chi connectivity index (χ0) is 23.1. The summed E-state index contributed by atoms with van der Waals surface area (Å²) in [5.41, 5.74) is 6.11. The third-order valence-electron chi connectivity index (χ3n) is 4.05. The maximum absolute atomic E-state index is 12.2. The molecule has 0 fully saturated rings. The first-order valence-electron chi connectivity index (χ1n) is 9.04. The molecule has 0 heterocycles. The van der Waals surface area contributed by atoms with Gasteiger partial charge in [0.25, 0.3) is 11.8 Å². The SMILES string of the molecule is O=C(N/N=C/c1cc(Cl)cc(/C=N/NC(=O)c2cccc(Br)c2)c1O)c1cccc(Br)c1. The van der Waals surface area contributed by atoms with Crippen molar-refractivity contribution in [2.24, 2.45) is 10.2 Å². The minimum absolute atomic E-state index is 0.171. The lowest BCUT2D eigenvalue weighted by atomic mass is 10.1. The average molecular weight is 579 g/mol. The molecular weight excluding hydrogens is 564 g/mol. The van der Waals surface area contributed by atoms with Crippen molar-refractivity contribution in [1.29, 1.82) is 0 Å². The van der Waals surface area contributed by atoms with Crippen LogP contribution in [0.25, 0.3) is 0 Å². The lowest BCUT2D eigenvalue weighted by molar-refractivity contribution is 0.0947. The monoisotopic (exact) mass is 576 g/mol. The first kappa shape index (κ1) is 23.6. The van der Waals surface area contributed by atoms with E-state index in [2.05, 4.69) is 52.9 Å². The van der Waals surface area contributed by atoms with Crippen molar-refractivity contribution in [2.75, 3.05) is 0 Å². The summed E-state index contributed by atoms with van der Waals surface area (Å²) in [7, 11) is 0. The molecule has 3 rings (SSSR count).